The van der Waals surface area contributed by atoms with E-state index in [1.165, 1.54) is 46.9 Å². The average Bonchev–Trinajstić information content (AvgIpc) is 3.48. The number of ether oxygens (including phenoxy) is 11. The summed E-state index contributed by atoms with van der Waals surface area (Å²) in [5.74, 6) is -4.07. The van der Waals surface area contributed by atoms with Gasteiger partial charge in [-0.15, -0.1) is 0 Å². The topological polar surface area (TPSA) is 358 Å². The Balaban J connectivity index is 0.00000383. The first-order valence-corrected chi connectivity index (χ1v) is 26.0. The molecule has 24 nitrogen and oxygen atoms in total. The Morgan fingerprint density at radius 3 is 1.69 bits per heavy atom. The number of carbonyl (C=O) groups excluding carboxylic acids is 2. The molecule has 5 saturated heterocycles. The second-order valence-corrected chi connectivity index (χ2v) is 21.7. The molecule has 5 aliphatic heterocycles. The third kappa shape index (κ3) is 13.0. The summed E-state index contributed by atoms with van der Waals surface area (Å²) in [5, 5.41) is 120. The van der Waals surface area contributed by atoms with E-state index in [9.17, 15) is 61.0 Å². The van der Waals surface area contributed by atoms with Gasteiger partial charge in [0.25, 0.3) is 0 Å². The van der Waals surface area contributed by atoms with E-state index in [2.05, 4.69) is 0 Å². The summed E-state index contributed by atoms with van der Waals surface area (Å²) in [7, 11) is 1.18. The molecule has 5 heterocycles. The van der Waals surface area contributed by atoms with Gasteiger partial charge in [-0.2, -0.15) is 0 Å². The van der Waals surface area contributed by atoms with Crippen molar-refractivity contribution in [3.8, 4) is 17.2 Å². The lowest BCUT2D eigenvalue weighted by atomic mass is 9.75. The molecule has 78 heavy (non-hydrogen) atoms. The normalized spacial score (nSPS) is 41.4. The Labute approximate surface area is 456 Å². The molecule has 25 heteroatoms. The molecule has 0 amide bonds. The number of hydrogen-bond donors (Lipinski definition) is 11. The van der Waals surface area contributed by atoms with Crippen LogP contribution >= 0.6 is 0 Å². The van der Waals surface area contributed by atoms with Crippen LogP contribution in [-0.4, -0.2) is 230 Å². The molecule has 6 aliphatic rings. The van der Waals surface area contributed by atoms with Crippen LogP contribution in [0.25, 0.3) is 10.8 Å². The first-order chi connectivity index (χ1) is 35.7. The van der Waals surface area contributed by atoms with E-state index in [0.29, 0.717) is 0 Å². The first kappa shape index (κ1) is 63.9. The van der Waals surface area contributed by atoms with Crippen LogP contribution in [0.2, 0.25) is 0 Å². The Kier molecular flexibility index (Phi) is 20.9. The number of rotatable bonds is 15. The van der Waals surface area contributed by atoms with E-state index in [0.717, 1.165) is 0 Å². The predicted octanol–water partition coefficient (Wildman–Crippen LogP) is 0.252. The maximum atomic E-state index is 15.0. The van der Waals surface area contributed by atoms with E-state index in [-0.39, 0.29) is 89.0 Å². The van der Waals surface area contributed by atoms with Crippen LogP contribution in [0.15, 0.2) is 12.1 Å². The number of benzene rings is 2. The highest BCUT2D eigenvalue weighted by atomic mass is 16.7. The number of phenolic OH excluding ortho intramolecular Hbond substituents is 2. The van der Waals surface area contributed by atoms with Crippen molar-refractivity contribution in [3.05, 3.63) is 28.8 Å². The molecule has 0 saturated carbocycles. The van der Waals surface area contributed by atoms with Gasteiger partial charge in [-0.25, -0.2) is 0 Å². The van der Waals surface area contributed by atoms with E-state index in [4.69, 9.17) is 52.1 Å². The molecule has 1 aliphatic carbocycles. The zero-order chi connectivity index (χ0) is 55.6. The van der Waals surface area contributed by atoms with E-state index in [1.807, 2.05) is 0 Å². The zero-order valence-electron chi connectivity index (χ0n) is 44.6. The number of Topliss-reactive ketones (excluding diaryl/α,β-unsaturated/α-hetero) is 2. The minimum Gasteiger partial charge on any atom is -0.507 e. The standard InChI is InChI=1S/C52H76O24.CH4.B.H2/c1-18-29(72-34-14-30(43(58)21(4)68-34)73-33-13-28(54)42(57)20(3)67-33)12-26-10-25-11-27(49(66-9)48(63)41(56)19(2)53)50(47(62)39(25)46(61)38(26)40(18)55)76-36-16-31(44(59)23(6)70-36)74-35-15-32(45(60)22(5)69-35)75-37-17-52(8,65)51(64)24(7)71-37;;;/h10,12,19-24,27-28,30-37,41-45,49-51,53-61,64-65H,11,13-17H2,1-9H3;1H4;;1H/t19-,20?,21?,22?,23?,24?,27+,28?,30?,31?,32?,33?,34?,35?,36?,37?,41+,42?,43?,44?,45?,49+,50+,51?,52?;;;/m1.../s1/i;;;1+1. The largest absolute Gasteiger partial charge is 0.507 e. The first-order valence-electron chi connectivity index (χ1n) is 26.0. The number of methoxy groups -OCH3 is 1. The molecule has 0 spiro atoms. The third-order valence-corrected chi connectivity index (χ3v) is 15.9. The minimum absolute atomic E-state index is 0. The fourth-order valence-electron chi connectivity index (χ4n) is 11.3. The molecule has 2 aromatic carbocycles. The highest BCUT2D eigenvalue weighted by Crippen LogP contribution is 2.48. The summed E-state index contributed by atoms with van der Waals surface area (Å²) < 4.78 is 66.5. The molecule has 25 atom stereocenters. The Morgan fingerprint density at radius 2 is 1.18 bits per heavy atom. The molecule has 11 N–H and O–H groups in total. The predicted molar refractivity (Wildman–Crippen MR) is 273 cm³/mol. The van der Waals surface area contributed by atoms with Gasteiger partial charge in [0.2, 0.25) is 6.29 Å². The number of ketones is 2. The lowest BCUT2D eigenvalue weighted by Crippen LogP contribution is -2.58. The molecule has 3 radical (unpaired) electrons. The Hall–Kier alpha value is -3.26. The summed E-state index contributed by atoms with van der Waals surface area (Å²) >= 11 is 0. The maximum absolute atomic E-state index is 15.0. The number of aliphatic hydroxyl groups excluding tert-OH is 8. The van der Waals surface area contributed by atoms with E-state index in [1.54, 1.807) is 27.7 Å². The van der Waals surface area contributed by atoms with Gasteiger partial charge in [0.1, 0.15) is 66.1 Å². The molecule has 5 fully saturated rings. The molecule has 441 valence electrons. The summed E-state index contributed by atoms with van der Waals surface area (Å²) in [6.45, 7) is 12.1. The van der Waals surface area contributed by atoms with Crippen molar-refractivity contribution in [2.24, 2.45) is 5.92 Å². The fraction of sp³-hybridized carbons (Fsp3) is 0.774. The number of hydrogen-bond acceptors (Lipinski definition) is 24. The van der Waals surface area contributed by atoms with Crippen molar-refractivity contribution in [2.75, 3.05) is 7.11 Å². The van der Waals surface area contributed by atoms with Gasteiger partial charge in [-0.3, -0.25) is 9.59 Å². The van der Waals surface area contributed by atoms with Crippen molar-refractivity contribution >= 4 is 30.8 Å². The third-order valence-electron chi connectivity index (χ3n) is 15.9. The SMILES string of the molecule is C.CO[C@H](C(=O)[C@@H](O)[C@@H](C)O)[C@@H]1Cc2cc3cc(OC4CC(OC5CC(O)C(O)C(C)O5)C(O)C(C)O4)c(C)c(O)c3c(O)c2C(=O)[C@H]1OC1CC(OC2CC(OC3CC(C)(O)C(O)C(C)O3)C(O)C(C)O2)C(O)C(C)O1.[2HH].[B]. The van der Waals surface area contributed by atoms with Crippen molar-refractivity contribution in [2.45, 2.75) is 248 Å². The molecular weight excluding hydrogens is 1030 g/mol. The van der Waals surface area contributed by atoms with Gasteiger partial charge in [0, 0.05) is 60.5 Å². The van der Waals surface area contributed by atoms with Gasteiger partial charge < -0.3 is 108 Å². The number of aliphatic hydroxyl groups is 9. The Morgan fingerprint density at radius 1 is 0.705 bits per heavy atom. The van der Waals surface area contributed by atoms with Crippen molar-refractivity contribution in [1.29, 1.82) is 0 Å². The maximum Gasteiger partial charge on any atom is 0.202 e. The quantitative estimate of drug-likeness (QED) is 0.107. The minimum atomic E-state index is -1.95. The van der Waals surface area contributed by atoms with Crippen LogP contribution < -0.4 is 4.74 Å². The average molecular weight is 1120 g/mol. The number of phenols is 2. The van der Waals surface area contributed by atoms with Crippen LogP contribution in [0.1, 0.15) is 111 Å². The number of carbonyl (C=O) groups is 2. The van der Waals surface area contributed by atoms with Crippen LogP contribution in [0.3, 0.4) is 0 Å². The lowest BCUT2D eigenvalue weighted by Gasteiger charge is -2.46. The monoisotopic (exact) mass is 1110 g/mol. The second-order valence-electron chi connectivity index (χ2n) is 21.7. The van der Waals surface area contributed by atoms with Gasteiger partial charge in [0.05, 0.1) is 77.6 Å². The summed E-state index contributed by atoms with van der Waals surface area (Å²) in [5.41, 5.74) is -1.47. The van der Waals surface area contributed by atoms with Crippen LogP contribution in [-0.2, 0) is 58.6 Å². The summed E-state index contributed by atoms with van der Waals surface area (Å²) in [6, 6.07) is 3.03. The van der Waals surface area contributed by atoms with E-state index >= 15 is 4.79 Å². The van der Waals surface area contributed by atoms with E-state index < -0.39 is 176 Å². The highest BCUT2D eigenvalue weighted by Gasteiger charge is 2.51. The van der Waals surface area contributed by atoms with Crippen LogP contribution in [0, 0.1) is 12.8 Å². The van der Waals surface area contributed by atoms with Gasteiger partial charge in [-0.05, 0) is 84.9 Å². The van der Waals surface area contributed by atoms with Crippen LogP contribution in [0.4, 0.5) is 0 Å². The molecule has 0 aromatic heterocycles. The molecule has 20 unspecified atom stereocenters. The summed E-state index contributed by atoms with van der Waals surface area (Å²) in [4.78, 5) is 28.9. The zero-order valence-corrected chi connectivity index (χ0v) is 44.6. The molecule has 8 rings (SSSR count). The highest BCUT2D eigenvalue weighted by molar-refractivity contribution is 6.11. The fourth-order valence-corrected chi connectivity index (χ4v) is 11.3. The Bertz CT molecular complexity index is 2370. The molecule has 2 aromatic rings. The van der Waals surface area contributed by atoms with Gasteiger partial charge in [0.15, 0.2) is 36.7 Å². The number of fused-ring (bicyclic) bond motifs is 2. The summed E-state index contributed by atoms with van der Waals surface area (Å²) in [6.07, 6.45) is -27.0. The van der Waals surface area contributed by atoms with Crippen molar-refractivity contribution in [3.63, 3.8) is 0 Å². The lowest BCUT2D eigenvalue weighted by molar-refractivity contribution is -0.334. The van der Waals surface area contributed by atoms with Crippen molar-refractivity contribution < 1.29 is 119 Å². The van der Waals surface area contributed by atoms with Crippen LogP contribution in [0.5, 0.6) is 17.2 Å². The number of aromatic hydroxyl groups is 2. The molecule has 0 bridgehead atoms. The van der Waals surface area contributed by atoms with Crippen molar-refractivity contribution in [1.82, 2.24) is 0 Å². The second kappa shape index (κ2) is 25.5. The molecular formula is C53H82BO24. The smallest absolute Gasteiger partial charge is 0.202 e. The van der Waals surface area contributed by atoms with Gasteiger partial charge >= 0.3 is 0 Å². The van der Waals surface area contributed by atoms with Gasteiger partial charge in [-0.1, -0.05) is 7.43 Å².